The highest BCUT2D eigenvalue weighted by atomic mass is 16.3. The van der Waals surface area contributed by atoms with Crippen LogP contribution >= 0.6 is 0 Å². The number of anilines is 1. The summed E-state index contributed by atoms with van der Waals surface area (Å²) in [6.07, 6.45) is 3.28. The number of nitrogens with zero attached hydrogens (tertiary/aromatic N) is 5. The first kappa shape index (κ1) is 18.1. The van der Waals surface area contributed by atoms with Crippen LogP contribution in [0.5, 0.6) is 0 Å². The Morgan fingerprint density at radius 3 is 2.70 bits per heavy atom. The number of nitrogens with one attached hydrogen (secondary N) is 1. The van der Waals surface area contributed by atoms with Gasteiger partial charge in [-0.2, -0.15) is 10.2 Å². The lowest BCUT2D eigenvalue weighted by Crippen LogP contribution is -2.04. The molecule has 0 aliphatic carbocycles. The molecule has 0 fully saturated rings. The number of hydrogen-bond donors (Lipinski definition) is 1. The van der Waals surface area contributed by atoms with Crippen molar-refractivity contribution in [1.82, 2.24) is 19.7 Å². The van der Waals surface area contributed by atoms with Crippen LogP contribution < -0.4 is 5.43 Å². The quantitative estimate of drug-likeness (QED) is 0.344. The van der Waals surface area contributed by atoms with Crippen molar-refractivity contribution in [2.24, 2.45) is 5.10 Å². The predicted octanol–water partition coefficient (Wildman–Crippen LogP) is 4.68. The molecule has 3 aromatic heterocycles. The topological polar surface area (TPSA) is 81.1 Å². The molecule has 1 N–H and O–H groups in total. The minimum Gasteiger partial charge on any atom is -0.450 e. The van der Waals surface area contributed by atoms with Gasteiger partial charge in [-0.05, 0) is 31.5 Å². The minimum absolute atomic E-state index is 0.527. The Hall–Kier alpha value is -4.00. The fraction of sp³-hybridized carbons (Fsp3) is 0.130. The average Bonchev–Trinajstić information content (AvgIpc) is 3.27. The molecule has 0 bridgehead atoms. The van der Waals surface area contributed by atoms with Crippen LogP contribution in [0.25, 0.3) is 22.1 Å². The first-order valence-electron chi connectivity index (χ1n) is 9.70. The summed E-state index contributed by atoms with van der Waals surface area (Å²) in [6.45, 7) is 4.75. The van der Waals surface area contributed by atoms with Crippen LogP contribution in [-0.4, -0.2) is 26.0 Å². The second-order valence-corrected chi connectivity index (χ2v) is 7.10. The molecule has 0 amide bonds. The van der Waals surface area contributed by atoms with Crippen LogP contribution in [0.3, 0.4) is 0 Å². The molecule has 0 unspecified atom stereocenters. The van der Waals surface area contributed by atoms with Gasteiger partial charge in [0.15, 0.2) is 11.4 Å². The number of para-hydroxylation sites is 1. The van der Waals surface area contributed by atoms with E-state index in [-0.39, 0.29) is 0 Å². The molecule has 0 saturated carbocycles. The summed E-state index contributed by atoms with van der Waals surface area (Å²) >= 11 is 0. The van der Waals surface area contributed by atoms with Crippen molar-refractivity contribution in [2.75, 3.05) is 5.43 Å². The first-order valence-corrected chi connectivity index (χ1v) is 9.70. The van der Waals surface area contributed by atoms with Crippen LogP contribution in [0.4, 0.5) is 5.82 Å². The highest BCUT2D eigenvalue weighted by molar-refractivity contribution is 6.05. The molecule has 7 nitrogen and oxygen atoms in total. The highest BCUT2D eigenvalue weighted by Crippen LogP contribution is 2.30. The fourth-order valence-electron chi connectivity index (χ4n) is 3.57. The van der Waals surface area contributed by atoms with Gasteiger partial charge in [-0.1, -0.05) is 42.5 Å². The van der Waals surface area contributed by atoms with E-state index in [1.807, 2.05) is 61.0 Å². The molecule has 30 heavy (non-hydrogen) atoms. The van der Waals surface area contributed by atoms with Crippen LogP contribution in [-0.2, 0) is 6.54 Å². The molecule has 3 heterocycles. The van der Waals surface area contributed by atoms with Crippen molar-refractivity contribution in [3.05, 3.63) is 83.4 Å². The number of aryl methyl sites for hydroxylation is 1. The maximum atomic E-state index is 5.93. The molecular formula is C23H20N6O. The second-order valence-electron chi connectivity index (χ2n) is 7.10. The van der Waals surface area contributed by atoms with E-state index in [1.165, 1.54) is 11.9 Å². The third-order valence-electron chi connectivity index (χ3n) is 5.13. The minimum atomic E-state index is 0.527. The van der Waals surface area contributed by atoms with Gasteiger partial charge in [-0.15, -0.1) is 0 Å². The standard InChI is InChI=1S/C23H20N6O/c1-15-19(16(2)29(28-15)13-17-8-4-3-5-9-17)12-26-27-23-22-21(24-14-25-23)18-10-6-7-11-20(18)30-22/h3-12,14H,13H2,1-2H3,(H,24,25,27)/b26-12-. The number of rotatable bonds is 5. The number of hydrogen-bond acceptors (Lipinski definition) is 6. The summed E-state index contributed by atoms with van der Waals surface area (Å²) < 4.78 is 7.92. The van der Waals surface area contributed by atoms with Crippen LogP contribution in [0, 0.1) is 13.8 Å². The van der Waals surface area contributed by atoms with Crippen molar-refractivity contribution in [3.8, 4) is 0 Å². The van der Waals surface area contributed by atoms with Crippen molar-refractivity contribution in [3.63, 3.8) is 0 Å². The smallest absolute Gasteiger partial charge is 0.197 e. The Morgan fingerprint density at radius 1 is 1.03 bits per heavy atom. The van der Waals surface area contributed by atoms with Gasteiger partial charge in [0.1, 0.15) is 17.4 Å². The molecule has 2 aromatic carbocycles. The van der Waals surface area contributed by atoms with Gasteiger partial charge in [-0.3, -0.25) is 10.1 Å². The fourth-order valence-corrected chi connectivity index (χ4v) is 3.57. The Labute approximate surface area is 173 Å². The van der Waals surface area contributed by atoms with Gasteiger partial charge in [0.05, 0.1) is 18.5 Å². The summed E-state index contributed by atoms with van der Waals surface area (Å²) in [4.78, 5) is 8.65. The third kappa shape index (κ3) is 3.20. The van der Waals surface area contributed by atoms with E-state index in [1.54, 1.807) is 6.21 Å². The van der Waals surface area contributed by atoms with Crippen molar-refractivity contribution in [1.29, 1.82) is 0 Å². The largest absolute Gasteiger partial charge is 0.450 e. The third-order valence-corrected chi connectivity index (χ3v) is 5.13. The van der Waals surface area contributed by atoms with Crippen LogP contribution in [0.1, 0.15) is 22.5 Å². The summed E-state index contributed by atoms with van der Waals surface area (Å²) in [6, 6.07) is 18.1. The van der Waals surface area contributed by atoms with Crippen LogP contribution in [0.2, 0.25) is 0 Å². The lowest BCUT2D eigenvalue weighted by Gasteiger charge is -2.04. The number of aromatic nitrogens is 4. The predicted molar refractivity (Wildman–Crippen MR) is 118 cm³/mol. The lowest BCUT2D eigenvalue weighted by molar-refractivity contribution is 0.659. The summed E-state index contributed by atoms with van der Waals surface area (Å²) in [7, 11) is 0. The lowest BCUT2D eigenvalue weighted by atomic mass is 10.2. The number of furan rings is 1. The van der Waals surface area contributed by atoms with Gasteiger partial charge in [0.2, 0.25) is 0 Å². The van der Waals surface area contributed by atoms with Gasteiger partial charge in [0, 0.05) is 16.6 Å². The first-order chi connectivity index (χ1) is 14.7. The second kappa shape index (κ2) is 7.44. The molecule has 0 spiro atoms. The maximum absolute atomic E-state index is 5.93. The normalized spacial score (nSPS) is 11.7. The van der Waals surface area contributed by atoms with Gasteiger partial charge in [-0.25, -0.2) is 9.97 Å². The summed E-state index contributed by atoms with van der Waals surface area (Å²) in [5.41, 5.74) is 9.28. The summed E-state index contributed by atoms with van der Waals surface area (Å²) in [5.74, 6) is 0.527. The van der Waals surface area contributed by atoms with Crippen molar-refractivity contribution < 1.29 is 4.42 Å². The number of benzene rings is 2. The van der Waals surface area contributed by atoms with Gasteiger partial charge >= 0.3 is 0 Å². The van der Waals surface area contributed by atoms with E-state index in [4.69, 9.17) is 4.42 Å². The van der Waals surface area contributed by atoms with E-state index in [2.05, 4.69) is 37.7 Å². The number of hydrazone groups is 1. The molecular weight excluding hydrogens is 376 g/mol. The van der Waals surface area contributed by atoms with E-state index >= 15 is 0 Å². The van der Waals surface area contributed by atoms with E-state index in [9.17, 15) is 0 Å². The Bertz CT molecular complexity index is 1370. The van der Waals surface area contributed by atoms with Crippen LogP contribution in [0.15, 0.2) is 70.4 Å². The molecule has 0 atom stereocenters. The van der Waals surface area contributed by atoms with Gasteiger partial charge < -0.3 is 4.42 Å². The summed E-state index contributed by atoms with van der Waals surface area (Å²) in [5, 5.41) is 10.0. The Balaban J connectivity index is 1.41. The van der Waals surface area contributed by atoms with E-state index in [0.29, 0.717) is 11.4 Å². The Kier molecular flexibility index (Phi) is 4.48. The zero-order valence-electron chi connectivity index (χ0n) is 16.7. The zero-order valence-corrected chi connectivity index (χ0v) is 16.7. The van der Waals surface area contributed by atoms with Gasteiger partial charge in [0.25, 0.3) is 0 Å². The molecule has 0 radical (unpaired) electrons. The molecule has 5 aromatic rings. The maximum Gasteiger partial charge on any atom is 0.197 e. The van der Waals surface area contributed by atoms with Crippen molar-refractivity contribution in [2.45, 2.75) is 20.4 Å². The molecule has 0 aliphatic rings. The molecule has 148 valence electrons. The highest BCUT2D eigenvalue weighted by Gasteiger charge is 2.13. The monoisotopic (exact) mass is 396 g/mol. The SMILES string of the molecule is Cc1nn(Cc2ccccc2)c(C)c1/C=N\Nc1ncnc2c1oc1ccccc12. The average molecular weight is 396 g/mol. The zero-order chi connectivity index (χ0) is 20.5. The number of fused-ring (bicyclic) bond motifs is 3. The molecule has 0 aliphatic heterocycles. The molecule has 0 saturated heterocycles. The van der Waals surface area contributed by atoms with E-state index < -0.39 is 0 Å². The van der Waals surface area contributed by atoms with E-state index in [0.717, 1.165) is 40.0 Å². The molecule has 5 rings (SSSR count). The Morgan fingerprint density at radius 2 is 1.83 bits per heavy atom. The van der Waals surface area contributed by atoms with Crippen molar-refractivity contribution >= 4 is 34.1 Å². The molecule has 7 heteroatoms.